The Balaban J connectivity index is 2.22. The number of benzene rings is 1. The molecule has 94 valence electrons. The Hall–Kier alpha value is -1.45. The summed E-state index contributed by atoms with van der Waals surface area (Å²) in [6, 6.07) is 7.34. The number of nitrogens with one attached hydrogen (secondary N) is 1. The molecule has 2 aromatic rings. The predicted molar refractivity (Wildman–Crippen MR) is 77.1 cm³/mol. The van der Waals surface area contributed by atoms with Crippen LogP contribution in [0.4, 0.5) is 11.4 Å². The Labute approximate surface area is 116 Å². The number of nitrogens with two attached hydrogens (primary N) is 1. The minimum Gasteiger partial charge on any atom is -0.397 e. The molecule has 3 nitrogen and oxygen atoms in total. The molecule has 0 aliphatic rings. The van der Waals surface area contributed by atoms with Gasteiger partial charge >= 0.3 is 0 Å². The first-order valence-corrected chi connectivity index (χ1v) is 6.24. The van der Waals surface area contributed by atoms with Gasteiger partial charge in [0.2, 0.25) is 0 Å². The monoisotopic (exact) mass is 281 g/mol. The number of nitrogen functional groups attached to an aromatic ring is 1. The molecular formula is C13H13Cl2N3. The highest BCUT2D eigenvalue weighted by molar-refractivity contribution is 6.42. The molecule has 1 aromatic carbocycles. The lowest BCUT2D eigenvalue weighted by molar-refractivity contribution is 0.876. The number of anilines is 2. The predicted octanol–water partition coefficient (Wildman–Crippen LogP) is 4.14. The summed E-state index contributed by atoms with van der Waals surface area (Å²) in [6.45, 7) is 2.03. The summed E-state index contributed by atoms with van der Waals surface area (Å²) in [5.74, 6) is 0. The maximum absolute atomic E-state index is 5.98. The molecule has 2 rings (SSSR count). The van der Waals surface area contributed by atoms with Gasteiger partial charge in [0.25, 0.3) is 0 Å². The highest BCUT2D eigenvalue weighted by Gasteiger charge is 2.09. The lowest BCUT2D eigenvalue weighted by atomic mass is 10.1. The summed E-state index contributed by atoms with van der Waals surface area (Å²) in [6.07, 6.45) is 3.55. The zero-order chi connectivity index (χ0) is 13.1. The van der Waals surface area contributed by atoms with E-state index in [4.69, 9.17) is 28.9 Å². The molecule has 0 radical (unpaired) electrons. The third-order valence-corrected chi connectivity index (χ3v) is 3.37. The van der Waals surface area contributed by atoms with E-state index < -0.39 is 0 Å². The van der Waals surface area contributed by atoms with E-state index in [1.165, 1.54) is 0 Å². The average molecular weight is 282 g/mol. The Morgan fingerprint density at radius 3 is 2.67 bits per heavy atom. The van der Waals surface area contributed by atoms with Crippen LogP contribution < -0.4 is 11.1 Å². The number of pyridine rings is 1. The van der Waals surface area contributed by atoms with Crippen LogP contribution in [0.5, 0.6) is 0 Å². The van der Waals surface area contributed by atoms with E-state index in [1.54, 1.807) is 18.3 Å². The molecule has 0 amide bonds. The lowest BCUT2D eigenvalue weighted by Crippen LogP contribution is -2.08. The van der Waals surface area contributed by atoms with Gasteiger partial charge in [0, 0.05) is 12.4 Å². The largest absolute Gasteiger partial charge is 0.397 e. The van der Waals surface area contributed by atoms with Crippen molar-refractivity contribution >= 4 is 34.6 Å². The van der Waals surface area contributed by atoms with Crippen molar-refractivity contribution in [1.29, 1.82) is 0 Å². The van der Waals surface area contributed by atoms with Crippen LogP contribution in [0.3, 0.4) is 0 Å². The van der Waals surface area contributed by atoms with Gasteiger partial charge in [-0.2, -0.15) is 0 Å². The first-order chi connectivity index (χ1) is 8.58. The third kappa shape index (κ3) is 2.86. The standard InChI is InChI=1S/C13H13Cl2N3/c1-8(9-3-2-4-17-7-9)18-13-6-11(15)10(14)5-12(13)16/h2-8,18H,16H2,1H3. The quantitative estimate of drug-likeness (QED) is 0.832. The van der Waals surface area contributed by atoms with Crippen LogP contribution in [0.2, 0.25) is 10.0 Å². The van der Waals surface area contributed by atoms with Crippen LogP contribution in [0.15, 0.2) is 36.7 Å². The Morgan fingerprint density at radius 2 is 2.00 bits per heavy atom. The van der Waals surface area contributed by atoms with E-state index >= 15 is 0 Å². The van der Waals surface area contributed by atoms with Crippen LogP contribution in [-0.4, -0.2) is 4.98 Å². The molecule has 1 aromatic heterocycles. The van der Waals surface area contributed by atoms with Crippen molar-refractivity contribution in [3.63, 3.8) is 0 Å². The number of halogens is 2. The molecule has 1 atom stereocenters. The van der Waals surface area contributed by atoms with Crippen molar-refractivity contribution in [2.24, 2.45) is 0 Å². The minimum atomic E-state index is 0.0817. The molecule has 1 unspecified atom stereocenters. The zero-order valence-electron chi connectivity index (χ0n) is 9.82. The van der Waals surface area contributed by atoms with Gasteiger partial charge in [0.15, 0.2) is 0 Å². The minimum absolute atomic E-state index is 0.0817. The van der Waals surface area contributed by atoms with Gasteiger partial charge in [-0.15, -0.1) is 0 Å². The zero-order valence-corrected chi connectivity index (χ0v) is 11.3. The van der Waals surface area contributed by atoms with Crippen molar-refractivity contribution in [3.05, 3.63) is 52.3 Å². The maximum Gasteiger partial charge on any atom is 0.0614 e. The van der Waals surface area contributed by atoms with Crippen LogP contribution in [0.25, 0.3) is 0 Å². The van der Waals surface area contributed by atoms with Gasteiger partial charge < -0.3 is 11.1 Å². The third-order valence-electron chi connectivity index (χ3n) is 2.65. The summed E-state index contributed by atoms with van der Waals surface area (Å²) in [5, 5.41) is 4.22. The summed E-state index contributed by atoms with van der Waals surface area (Å²) >= 11 is 11.9. The molecule has 0 bridgehead atoms. The SMILES string of the molecule is CC(Nc1cc(Cl)c(Cl)cc1N)c1cccnc1. The second-order valence-electron chi connectivity index (χ2n) is 4.01. The van der Waals surface area contributed by atoms with Gasteiger partial charge in [0.05, 0.1) is 27.5 Å². The van der Waals surface area contributed by atoms with Gasteiger partial charge in [-0.3, -0.25) is 4.98 Å². The van der Waals surface area contributed by atoms with E-state index in [2.05, 4.69) is 10.3 Å². The summed E-state index contributed by atoms with van der Waals surface area (Å²) in [7, 11) is 0. The molecule has 3 N–H and O–H groups in total. The molecule has 0 aliphatic heterocycles. The van der Waals surface area contributed by atoms with Crippen molar-refractivity contribution < 1.29 is 0 Å². The van der Waals surface area contributed by atoms with Crippen LogP contribution in [0, 0.1) is 0 Å². The fourth-order valence-electron chi connectivity index (χ4n) is 1.64. The van der Waals surface area contributed by atoms with Crippen molar-refractivity contribution in [2.45, 2.75) is 13.0 Å². The van der Waals surface area contributed by atoms with Crippen LogP contribution in [-0.2, 0) is 0 Å². The van der Waals surface area contributed by atoms with Gasteiger partial charge in [0.1, 0.15) is 0 Å². The molecular weight excluding hydrogens is 269 g/mol. The normalized spacial score (nSPS) is 12.2. The molecule has 0 fully saturated rings. The second kappa shape index (κ2) is 5.46. The fourth-order valence-corrected chi connectivity index (χ4v) is 1.97. The molecule has 18 heavy (non-hydrogen) atoms. The van der Waals surface area contributed by atoms with Gasteiger partial charge in [-0.25, -0.2) is 0 Å². The number of rotatable bonds is 3. The smallest absolute Gasteiger partial charge is 0.0614 e. The first kappa shape index (κ1) is 13.0. The highest BCUT2D eigenvalue weighted by Crippen LogP contribution is 2.32. The van der Waals surface area contributed by atoms with E-state index in [1.807, 2.05) is 25.3 Å². The molecule has 0 spiro atoms. The summed E-state index contributed by atoms with van der Waals surface area (Å²) in [5.41, 5.74) is 8.30. The maximum atomic E-state index is 5.98. The lowest BCUT2D eigenvalue weighted by Gasteiger charge is -2.17. The van der Waals surface area contributed by atoms with Gasteiger partial charge in [-0.05, 0) is 30.7 Å². The molecule has 0 aliphatic carbocycles. The highest BCUT2D eigenvalue weighted by atomic mass is 35.5. The van der Waals surface area contributed by atoms with E-state index in [-0.39, 0.29) is 6.04 Å². The molecule has 0 saturated carbocycles. The molecule has 5 heteroatoms. The van der Waals surface area contributed by atoms with E-state index in [0.717, 1.165) is 11.3 Å². The molecule has 1 heterocycles. The average Bonchev–Trinajstić information content (AvgIpc) is 2.37. The second-order valence-corrected chi connectivity index (χ2v) is 4.82. The van der Waals surface area contributed by atoms with Crippen molar-refractivity contribution in [3.8, 4) is 0 Å². The first-order valence-electron chi connectivity index (χ1n) is 5.49. The number of hydrogen-bond acceptors (Lipinski definition) is 3. The van der Waals surface area contributed by atoms with E-state index in [0.29, 0.717) is 15.7 Å². The van der Waals surface area contributed by atoms with Crippen molar-refractivity contribution in [2.75, 3.05) is 11.1 Å². The van der Waals surface area contributed by atoms with E-state index in [9.17, 15) is 0 Å². The Bertz CT molecular complexity index is 543. The number of nitrogens with zero attached hydrogens (tertiary/aromatic N) is 1. The molecule has 0 saturated heterocycles. The fraction of sp³-hybridized carbons (Fsp3) is 0.154. The topological polar surface area (TPSA) is 50.9 Å². The number of hydrogen-bond donors (Lipinski definition) is 2. The number of aromatic nitrogens is 1. The van der Waals surface area contributed by atoms with Gasteiger partial charge in [-0.1, -0.05) is 29.3 Å². The Morgan fingerprint density at radius 1 is 1.28 bits per heavy atom. The van der Waals surface area contributed by atoms with Crippen LogP contribution >= 0.6 is 23.2 Å². The summed E-state index contributed by atoms with van der Waals surface area (Å²) in [4.78, 5) is 4.08. The van der Waals surface area contributed by atoms with Crippen molar-refractivity contribution in [1.82, 2.24) is 4.98 Å². The van der Waals surface area contributed by atoms with Crippen LogP contribution in [0.1, 0.15) is 18.5 Å². The summed E-state index contributed by atoms with van der Waals surface area (Å²) < 4.78 is 0. The Kier molecular flexibility index (Phi) is 3.94.